The van der Waals surface area contributed by atoms with Crippen molar-refractivity contribution in [2.75, 3.05) is 31.2 Å². The molecule has 3 saturated heterocycles. The van der Waals surface area contributed by atoms with Crippen LogP contribution in [0, 0.1) is 0 Å². The van der Waals surface area contributed by atoms with Crippen LogP contribution >= 0.6 is 0 Å². The predicted molar refractivity (Wildman–Crippen MR) is 208 cm³/mol. The van der Waals surface area contributed by atoms with Crippen molar-refractivity contribution in [1.29, 1.82) is 0 Å². The van der Waals surface area contributed by atoms with Crippen molar-refractivity contribution in [2.24, 2.45) is 0 Å². The summed E-state index contributed by atoms with van der Waals surface area (Å²) in [6, 6.07) is 43.9. The third kappa shape index (κ3) is 7.67. The number of nitrogens with zero attached hydrogens (tertiary/aromatic N) is 2. The zero-order valence-electron chi connectivity index (χ0n) is 30.3. The molecule has 3 aliphatic heterocycles. The average Bonchev–Trinajstić information content (AvgIpc) is 3.55. The summed E-state index contributed by atoms with van der Waals surface area (Å²) in [7, 11) is 0. The van der Waals surface area contributed by atoms with Gasteiger partial charge in [-0.1, -0.05) is 97.1 Å². The minimum absolute atomic E-state index is 0.0102. The van der Waals surface area contributed by atoms with Crippen molar-refractivity contribution in [2.45, 2.75) is 56.5 Å². The smallest absolute Gasteiger partial charge is 0.251 e. The molecule has 54 heavy (non-hydrogen) atoms. The first kappa shape index (κ1) is 35.7. The number of aliphatic hydroxyl groups excluding tert-OH is 1. The second-order valence-electron chi connectivity index (χ2n) is 14.5. The summed E-state index contributed by atoms with van der Waals surface area (Å²) in [5.74, 6) is 0.00841. The van der Waals surface area contributed by atoms with Gasteiger partial charge in [0.05, 0.1) is 25.5 Å². The predicted octanol–water partition coefficient (Wildman–Crippen LogP) is 6.75. The Hall–Kier alpha value is -5.32. The first-order chi connectivity index (χ1) is 26.5. The van der Waals surface area contributed by atoms with Crippen LogP contribution in [0.4, 0.5) is 5.69 Å². The second-order valence-corrected chi connectivity index (χ2v) is 14.5. The second kappa shape index (κ2) is 16.0. The van der Waals surface area contributed by atoms with Gasteiger partial charge in [0.15, 0.2) is 6.29 Å². The van der Waals surface area contributed by atoms with Crippen LogP contribution in [0.25, 0.3) is 11.1 Å². The summed E-state index contributed by atoms with van der Waals surface area (Å²) in [4.78, 5) is 30.6. The van der Waals surface area contributed by atoms with E-state index >= 15 is 0 Å². The van der Waals surface area contributed by atoms with E-state index in [4.69, 9.17) is 9.47 Å². The highest BCUT2D eigenvalue weighted by molar-refractivity contribution is 5.94. The fraction of sp³-hybridized carbons (Fsp3) is 0.289. The Morgan fingerprint density at radius 3 is 2.22 bits per heavy atom. The van der Waals surface area contributed by atoms with Gasteiger partial charge in [0.25, 0.3) is 5.91 Å². The largest absolute Gasteiger partial charge is 0.392 e. The number of para-hydroxylation sites is 1. The van der Waals surface area contributed by atoms with Crippen molar-refractivity contribution in [3.05, 3.63) is 161 Å². The molecule has 9 heteroatoms. The topological polar surface area (TPSA) is 103 Å². The highest BCUT2D eigenvalue weighted by Gasteiger charge is 2.50. The third-order valence-corrected chi connectivity index (χ3v) is 11.1. The molecule has 2 amide bonds. The van der Waals surface area contributed by atoms with E-state index in [0.717, 1.165) is 71.5 Å². The van der Waals surface area contributed by atoms with Crippen LogP contribution in [-0.4, -0.2) is 59.8 Å². The number of hydrogen-bond donors (Lipinski definition) is 3. The number of aliphatic hydroxyl groups is 1. The molecule has 5 aromatic rings. The lowest BCUT2D eigenvalue weighted by molar-refractivity contribution is -0.253. The fourth-order valence-electron chi connectivity index (χ4n) is 8.06. The molecule has 3 N–H and O–H groups in total. The SMILES string of the molecule is O=C(NCc1cccc(-c2cccc([C@H]3O[C@@H](CN4CCC5(CC4)C(=O)NCN5c4ccccc4)C[C@@H](c4ccc(CO)cc4)O3)c2)c1)c1ccccc1. The molecule has 0 aliphatic carbocycles. The van der Waals surface area contributed by atoms with E-state index in [0.29, 0.717) is 25.2 Å². The van der Waals surface area contributed by atoms with Crippen molar-refractivity contribution in [3.63, 3.8) is 0 Å². The van der Waals surface area contributed by atoms with E-state index in [2.05, 4.69) is 56.8 Å². The number of piperidine rings is 1. The number of carbonyl (C=O) groups excluding carboxylic acids is 2. The molecular weight excluding hydrogens is 677 g/mol. The molecule has 8 rings (SSSR count). The minimum atomic E-state index is -0.593. The summed E-state index contributed by atoms with van der Waals surface area (Å²) >= 11 is 0. The van der Waals surface area contributed by atoms with Crippen molar-refractivity contribution in [1.82, 2.24) is 15.5 Å². The maximum absolute atomic E-state index is 13.3. The molecule has 1 spiro atoms. The van der Waals surface area contributed by atoms with Gasteiger partial charge in [0.2, 0.25) is 5.91 Å². The summed E-state index contributed by atoms with van der Waals surface area (Å²) in [5, 5.41) is 15.8. The lowest BCUT2D eigenvalue weighted by Crippen LogP contribution is -2.57. The Morgan fingerprint density at radius 1 is 0.778 bits per heavy atom. The van der Waals surface area contributed by atoms with Crippen LogP contribution in [0.3, 0.4) is 0 Å². The number of ether oxygens (including phenoxy) is 2. The maximum atomic E-state index is 13.3. The Kier molecular flexibility index (Phi) is 10.6. The van der Waals surface area contributed by atoms with E-state index in [1.807, 2.05) is 97.1 Å². The molecule has 0 radical (unpaired) electrons. The molecule has 3 aliphatic rings. The molecule has 0 aromatic heterocycles. The molecule has 3 atom stereocenters. The summed E-state index contributed by atoms with van der Waals surface area (Å²) in [6.07, 6.45) is 1.26. The first-order valence-corrected chi connectivity index (χ1v) is 18.8. The Bertz CT molecular complexity index is 2050. The summed E-state index contributed by atoms with van der Waals surface area (Å²) in [6.45, 7) is 3.24. The van der Waals surface area contributed by atoms with Gasteiger partial charge in [-0.25, -0.2) is 0 Å². The first-order valence-electron chi connectivity index (χ1n) is 18.8. The highest BCUT2D eigenvalue weighted by Crippen LogP contribution is 2.41. The van der Waals surface area contributed by atoms with Crippen molar-refractivity contribution >= 4 is 17.5 Å². The van der Waals surface area contributed by atoms with Gasteiger partial charge in [-0.15, -0.1) is 0 Å². The number of anilines is 1. The van der Waals surface area contributed by atoms with E-state index in [9.17, 15) is 14.7 Å². The van der Waals surface area contributed by atoms with E-state index < -0.39 is 11.8 Å². The van der Waals surface area contributed by atoms with E-state index in [-0.39, 0.29) is 30.6 Å². The highest BCUT2D eigenvalue weighted by atomic mass is 16.7. The molecule has 3 heterocycles. The minimum Gasteiger partial charge on any atom is -0.392 e. The van der Waals surface area contributed by atoms with Gasteiger partial charge < -0.3 is 35.0 Å². The van der Waals surface area contributed by atoms with Crippen LogP contribution in [0.15, 0.2) is 133 Å². The van der Waals surface area contributed by atoms with Gasteiger partial charge in [0, 0.05) is 49.4 Å². The molecule has 9 nitrogen and oxygen atoms in total. The summed E-state index contributed by atoms with van der Waals surface area (Å²) in [5.41, 5.74) is 7.06. The van der Waals surface area contributed by atoms with Crippen molar-refractivity contribution in [3.8, 4) is 11.1 Å². The zero-order valence-corrected chi connectivity index (χ0v) is 30.3. The Morgan fingerprint density at radius 2 is 1.48 bits per heavy atom. The molecule has 276 valence electrons. The van der Waals surface area contributed by atoms with Crippen molar-refractivity contribution < 1.29 is 24.2 Å². The number of benzene rings is 5. The number of amides is 2. The molecule has 3 fully saturated rings. The number of nitrogens with one attached hydrogen (secondary N) is 2. The Balaban J connectivity index is 0.983. The average molecular weight is 723 g/mol. The lowest BCUT2D eigenvalue weighted by Gasteiger charge is -2.45. The maximum Gasteiger partial charge on any atom is 0.251 e. The molecule has 0 bridgehead atoms. The fourth-order valence-corrected chi connectivity index (χ4v) is 8.06. The van der Waals surface area contributed by atoms with Gasteiger partial charge >= 0.3 is 0 Å². The standard InChI is InChI=1S/C45H46N4O5/c50-30-32-17-19-34(20-18-32)41-27-40(29-48-23-21-45(22-24-48)44(52)47-31-49(45)39-15-5-2-6-16-39)53-43(54-41)38-14-8-13-37(26-38)36-12-7-9-33(25-36)28-46-42(51)35-10-3-1-4-11-35/h1-20,25-26,40-41,43,50H,21-24,27-31H2,(H,46,51)(H,47,52)/t40-,41+,43+/m1/s1. The summed E-state index contributed by atoms with van der Waals surface area (Å²) < 4.78 is 13.5. The van der Waals surface area contributed by atoms with Gasteiger partial charge in [0.1, 0.15) is 5.54 Å². The molecular formula is C45H46N4O5. The normalized spacial score (nSPS) is 21.2. The molecule has 0 unspecified atom stereocenters. The quantitative estimate of drug-likeness (QED) is 0.147. The number of likely N-dealkylation sites (tertiary alicyclic amines) is 1. The molecule has 0 saturated carbocycles. The Labute approximate surface area is 316 Å². The lowest BCUT2D eigenvalue weighted by atomic mass is 9.85. The van der Waals surface area contributed by atoms with Crippen LogP contribution in [-0.2, 0) is 27.4 Å². The molecule has 5 aromatic carbocycles. The monoisotopic (exact) mass is 722 g/mol. The van der Waals surface area contributed by atoms with E-state index in [1.54, 1.807) is 0 Å². The van der Waals surface area contributed by atoms with Crippen LogP contribution < -0.4 is 15.5 Å². The van der Waals surface area contributed by atoms with Crippen LogP contribution in [0.1, 0.15) is 64.3 Å². The third-order valence-electron chi connectivity index (χ3n) is 11.1. The van der Waals surface area contributed by atoms with Gasteiger partial charge in [-0.3, -0.25) is 9.59 Å². The van der Waals surface area contributed by atoms with Crippen LogP contribution in [0.2, 0.25) is 0 Å². The zero-order chi connectivity index (χ0) is 36.9. The number of rotatable bonds is 10. The van der Waals surface area contributed by atoms with Gasteiger partial charge in [-0.2, -0.15) is 0 Å². The van der Waals surface area contributed by atoms with Gasteiger partial charge in [-0.05, 0) is 77.1 Å². The number of carbonyl (C=O) groups is 2. The number of hydrogen-bond acceptors (Lipinski definition) is 7. The van der Waals surface area contributed by atoms with E-state index in [1.165, 1.54) is 0 Å². The van der Waals surface area contributed by atoms with Crippen LogP contribution in [0.5, 0.6) is 0 Å².